The summed E-state index contributed by atoms with van der Waals surface area (Å²) in [7, 11) is 0. The van der Waals surface area contributed by atoms with Crippen molar-refractivity contribution in [2.24, 2.45) is 0 Å². The largest absolute Gasteiger partial charge is 0.457 e. The van der Waals surface area contributed by atoms with Gasteiger partial charge in [0.05, 0.1) is 10.5 Å². The lowest BCUT2D eigenvalue weighted by molar-refractivity contribution is -0.384. The first-order chi connectivity index (χ1) is 9.99. The van der Waals surface area contributed by atoms with E-state index in [1.54, 1.807) is 0 Å². The average Bonchev–Trinajstić information content (AvgIpc) is 2.48. The smallest absolute Gasteiger partial charge is 0.338 e. The fraction of sp³-hybridized carbons (Fsp3) is 0.133. The Morgan fingerprint density at radius 2 is 1.90 bits per heavy atom. The molecule has 2 aromatic carbocycles. The van der Waals surface area contributed by atoms with E-state index in [1.807, 2.05) is 0 Å². The molecule has 0 aliphatic rings. The van der Waals surface area contributed by atoms with Crippen LogP contribution in [0.25, 0.3) is 0 Å². The number of non-ortho nitro benzene ring substituents is 1. The maximum Gasteiger partial charge on any atom is 0.338 e. The van der Waals surface area contributed by atoms with Gasteiger partial charge < -0.3 is 4.74 Å². The fourth-order valence-electron chi connectivity index (χ4n) is 1.77. The van der Waals surface area contributed by atoms with Crippen molar-refractivity contribution in [1.82, 2.24) is 0 Å². The summed E-state index contributed by atoms with van der Waals surface area (Å²) in [6.07, 6.45) is 0. The Labute approximate surface area is 120 Å². The molecule has 5 nitrogen and oxygen atoms in total. The molecular formula is C15H12FNO4. The predicted molar refractivity (Wildman–Crippen MR) is 73.4 cm³/mol. The van der Waals surface area contributed by atoms with Crippen molar-refractivity contribution < 1.29 is 18.8 Å². The summed E-state index contributed by atoms with van der Waals surface area (Å²) >= 11 is 0. The maximum atomic E-state index is 13.4. The highest BCUT2D eigenvalue weighted by Gasteiger charge is 2.13. The Morgan fingerprint density at radius 1 is 1.24 bits per heavy atom. The normalized spacial score (nSPS) is 10.2. The van der Waals surface area contributed by atoms with Gasteiger partial charge in [0.25, 0.3) is 5.69 Å². The van der Waals surface area contributed by atoms with Gasteiger partial charge in [0.15, 0.2) is 0 Å². The molecule has 0 fully saturated rings. The van der Waals surface area contributed by atoms with Gasteiger partial charge in [0.2, 0.25) is 0 Å². The van der Waals surface area contributed by atoms with Crippen molar-refractivity contribution >= 4 is 11.7 Å². The summed E-state index contributed by atoms with van der Waals surface area (Å²) in [5.74, 6) is -1.11. The van der Waals surface area contributed by atoms with E-state index in [2.05, 4.69) is 0 Å². The third kappa shape index (κ3) is 3.42. The minimum Gasteiger partial charge on any atom is -0.457 e. The van der Waals surface area contributed by atoms with Crippen molar-refractivity contribution in [2.45, 2.75) is 13.5 Å². The highest BCUT2D eigenvalue weighted by Crippen LogP contribution is 2.16. The van der Waals surface area contributed by atoms with Gasteiger partial charge in [-0.05, 0) is 42.3 Å². The lowest BCUT2D eigenvalue weighted by Gasteiger charge is -2.07. The lowest BCUT2D eigenvalue weighted by atomic mass is 10.1. The van der Waals surface area contributed by atoms with Crippen molar-refractivity contribution in [3.8, 4) is 0 Å². The molecule has 0 spiro atoms. The van der Waals surface area contributed by atoms with Crippen LogP contribution in [0.1, 0.15) is 21.5 Å². The van der Waals surface area contributed by atoms with Gasteiger partial charge in [0, 0.05) is 12.1 Å². The van der Waals surface area contributed by atoms with E-state index in [4.69, 9.17) is 4.74 Å². The number of hydrogen-bond donors (Lipinski definition) is 0. The lowest BCUT2D eigenvalue weighted by Crippen LogP contribution is -2.08. The first-order valence-electron chi connectivity index (χ1n) is 6.14. The third-order valence-electron chi connectivity index (χ3n) is 3.00. The van der Waals surface area contributed by atoms with Crippen LogP contribution in [-0.2, 0) is 11.3 Å². The second-order valence-corrected chi connectivity index (χ2v) is 4.41. The van der Waals surface area contributed by atoms with Crippen LogP contribution >= 0.6 is 0 Å². The van der Waals surface area contributed by atoms with E-state index in [1.165, 1.54) is 49.4 Å². The van der Waals surface area contributed by atoms with Crippen LogP contribution in [0.5, 0.6) is 0 Å². The van der Waals surface area contributed by atoms with E-state index in [0.717, 1.165) is 0 Å². The highest BCUT2D eigenvalue weighted by molar-refractivity contribution is 5.91. The number of ether oxygens (including phenoxy) is 1. The Kier molecular flexibility index (Phi) is 4.27. The fourth-order valence-corrected chi connectivity index (χ4v) is 1.77. The molecule has 21 heavy (non-hydrogen) atoms. The topological polar surface area (TPSA) is 69.4 Å². The summed E-state index contributed by atoms with van der Waals surface area (Å²) in [6.45, 7) is 1.46. The Balaban J connectivity index is 2.04. The van der Waals surface area contributed by atoms with Crippen LogP contribution < -0.4 is 0 Å². The molecule has 0 saturated carbocycles. The molecule has 0 unspecified atom stereocenters. The summed E-state index contributed by atoms with van der Waals surface area (Å²) in [5, 5.41) is 10.5. The molecule has 0 amide bonds. The summed E-state index contributed by atoms with van der Waals surface area (Å²) in [4.78, 5) is 21.9. The zero-order chi connectivity index (χ0) is 15.4. The standard InChI is InChI=1S/C15H12FNO4/c1-10-13(3-2-4-14(10)16)15(18)21-9-11-5-7-12(8-6-11)17(19)20/h2-8H,9H2,1H3. The number of hydrogen-bond acceptors (Lipinski definition) is 4. The molecule has 0 aliphatic heterocycles. The molecule has 0 bridgehead atoms. The number of benzene rings is 2. The Morgan fingerprint density at radius 3 is 2.52 bits per heavy atom. The SMILES string of the molecule is Cc1c(F)cccc1C(=O)OCc1ccc([N+](=O)[O-])cc1. The van der Waals surface area contributed by atoms with Gasteiger partial charge in [-0.2, -0.15) is 0 Å². The van der Waals surface area contributed by atoms with Gasteiger partial charge >= 0.3 is 5.97 Å². The second kappa shape index (κ2) is 6.13. The monoisotopic (exact) mass is 289 g/mol. The zero-order valence-electron chi connectivity index (χ0n) is 11.2. The van der Waals surface area contributed by atoms with Crippen molar-refractivity contribution in [3.63, 3.8) is 0 Å². The molecule has 6 heteroatoms. The molecule has 108 valence electrons. The Bertz CT molecular complexity index is 683. The summed E-state index contributed by atoms with van der Waals surface area (Å²) in [6, 6.07) is 9.85. The van der Waals surface area contributed by atoms with Gasteiger partial charge in [-0.1, -0.05) is 6.07 Å². The molecule has 0 N–H and O–H groups in total. The van der Waals surface area contributed by atoms with Crippen LogP contribution in [0.2, 0.25) is 0 Å². The minimum atomic E-state index is -0.634. The van der Waals surface area contributed by atoms with Crippen molar-refractivity contribution in [3.05, 3.63) is 75.1 Å². The summed E-state index contributed by atoms with van der Waals surface area (Å²) < 4.78 is 18.4. The third-order valence-corrected chi connectivity index (χ3v) is 3.00. The van der Waals surface area contributed by atoms with Crippen LogP contribution in [0.4, 0.5) is 10.1 Å². The number of nitro groups is 1. The first-order valence-corrected chi connectivity index (χ1v) is 6.14. The number of halogens is 1. The van der Waals surface area contributed by atoms with Gasteiger partial charge in [-0.3, -0.25) is 10.1 Å². The van der Waals surface area contributed by atoms with Crippen LogP contribution in [0.15, 0.2) is 42.5 Å². The van der Waals surface area contributed by atoms with Crippen LogP contribution in [-0.4, -0.2) is 10.9 Å². The minimum absolute atomic E-state index is 0.0349. The highest BCUT2D eigenvalue weighted by atomic mass is 19.1. The van der Waals surface area contributed by atoms with Gasteiger partial charge in [-0.15, -0.1) is 0 Å². The molecule has 0 aliphatic carbocycles. The van der Waals surface area contributed by atoms with Crippen molar-refractivity contribution in [1.29, 1.82) is 0 Å². The molecule has 0 radical (unpaired) electrons. The van der Waals surface area contributed by atoms with Crippen LogP contribution in [0, 0.1) is 22.9 Å². The number of carbonyl (C=O) groups is 1. The summed E-state index contributed by atoms with van der Waals surface area (Å²) in [5.41, 5.74) is 0.970. The second-order valence-electron chi connectivity index (χ2n) is 4.41. The molecular weight excluding hydrogens is 277 g/mol. The molecule has 2 rings (SSSR count). The average molecular weight is 289 g/mol. The Hall–Kier alpha value is -2.76. The van der Waals surface area contributed by atoms with E-state index >= 15 is 0 Å². The molecule has 0 saturated heterocycles. The van der Waals surface area contributed by atoms with E-state index in [9.17, 15) is 19.3 Å². The van der Waals surface area contributed by atoms with Crippen molar-refractivity contribution in [2.75, 3.05) is 0 Å². The van der Waals surface area contributed by atoms with E-state index in [-0.39, 0.29) is 23.4 Å². The molecule has 0 aromatic heterocycles. The zero-order valence-corrected chi connectivity index (χ0v) is 11.2. The predicted octanol–water partition coefficient (Wildman–Crippen LogP) is 3.40. The number of nitro benzene ring substituents is 1. The molecule has 0 heterocycles. The van der Waals surface area contributed by atoms with Gasteiger partial charge in [-0.25, -0.2) is 9.18 Å². The van der Waals surface area contributed by atoms with E-state index in [0.29, 0.717) is 5.56 Å². The number of nitrogens with zero attached hydrogens (tertiary/aromatic N) is 1. The first kappa shape index (κ1) is 14.6. The molecule has 2 aromatic rings. The van der Waals surface area contributed by atoms with Crippen LogP contribution in [0.3, 0.4) is 0 Å². The molecule has 0 atom stereocenters. The maximum absolute atomic E-state index is 13.4. The number of carbonyl (C=O) groups excluding carboxylic acids is 1. The van der Waals surface area contributed by atoms with Gasteiger partial charge in [0.1, 0.15) is 12.4 Å². The van der Waals surface area contributed by atoms with E-state index < -0.39 is 16.7 Å². The quantitative estimate of drug-likeness (QED) is 0.491. The number of rotatable bonds is 4. The number of esters is 1.